The summed E-state index contributed by atoms with van der Waals surface area (Å²) in [5, 5.41) is 14.1. The molecule has 1 amide bonds. The number of nitrogens with one attached hydrogen (secondary N) is 1. The van der Waals surface area contributed by atoms with E-state index in [2.05, 4.69) is 22.1 Å². The number of nitrogens with zero attached hydrogens (tertiary/aromatic N) is 4. The van der Waals surface area contributed by atoms with Crippen molar-refractivity contribution in [1.82, 2.24) is 15.1 Å². The third kappa shape index (κ3) is 5.44. The summed E-state index contributed by atoms with van der Waals surface area (Å²) in [5.41, 5.74) is 1.00. The average Bonchev–Trinajstić information content (AvgIpc) is 2.62. The predicted molar refractivity (Wildman–Crippen MR) is 96.4 cm³/mol. The van der Waals surface area contributed by atoms with Crippen LogP contribution in [0.15, 0.2) is 29.3 Å². The predicted octanol–water partition coefficient (Wildman–Crippen LogP) is 1.61. The smallest absolute Gasteiger partial charge is 0.269 e. The van der Waals surface area contributed by atoms with E-state index in [-0.39, 0.29) is 11.6 Å². The van der Waals surface area contributed by atoms with Gasteiger partial charge in [-0.15, -0.1) is 0 Å². The monoisotopic (exact) mass is 347 g/mol. The highest BCUT2D eigenvalue weighted by atomic mass is 16.6. The summed E-state index contributed by atoms with van der Waals surface area (Å²) in [5.74, 6) is 0.925. The van der Waals surface area contributed by atoms with Gasteiger partial charge in [0.15, 0.2) is 5.96 Å². The minimum Gasteiger partial charge on any atom is -0.356 e. The van der Waals surface area contributed by atoms with E-state index in [4.69, 9.17) is 0 Å². The van der Waals surface area contributed by atoms with Crippen molar-refractivity contribution in [3.63, 3.8) is 0 Å². The van der Waals surface area contributed by atoms with E-state index in [0.717, 1.165) is 37.6 Å². The average molecular weight is 347 g/mol. The first-order valence-corrected chi connectivity index (χ1v) is 8.53. The molecule has 1 fully saturated rings. The molecule has 8 heteroatoms. The van der Waals surface area contributed by atoms with E-state index in [0.29, 0.717) is 19.6 Å². The maximum Gasteiger partial charge on any atom is 0.269 e. The van der Waals surface area contributed by atoms with Gasteiger partial charge in [0.25, 0.3) is 5.69 Å². The molecule has 0 atom stereocenters. The maximum atomic E-state index is 11.4. The summed E-state index contributed by atoms with van der Waals surface area (Å²) < 4.78 is 0. The van der Waals surface area contributed by atoms with Gasteiger partial charge in [-0.25, -0.2) is 4.99 Å². The Kier molecular flexibility index (Phi) is 6.73. The van der Waals surface area contributed by atoms with Gasteiger partial charge in [0, 0.05) is 51.8 Å². The van der Waals surface area contributed by atoms with E-state index in [9.17, 15) is 14.9 Å². The SMILES string of the molecule is CCCNC(=NCc1ccc([N+](=O)[O-])cc1)N1CCN(C(C)=O)CC1. The number of nitro benzene ring substituents is 1. The molecule has 25 heavy (non-hydrogen) atoms. The first kappa shape index (κ1) is 18.7. The van der Waals surface area contributed by atoms with Gasteiger partial charge in [0.05, 0.1) is 11.5 Å². The minimum atomic E-state index is -0.407. The van der Waals surface area contributed by atoms with Gasteiger partial charge in [-0.2, -0.15) is 0 Å². The summed E-state index contributed by atoms with van der Waals surface area (Å²) in [6, 6.07) is 6.45. The van der Waals surface area contributed by atoms with Crippen LogP contribution in [0.1, 0.15) is 25.8 Å². The molecule has 0 aromatic heterocycles. The number of hydrogen-bond donors (Lipinski definition) is 1. The number of aliphatic imine (C=N–C) groups is 1. The Morgan fingerprint density at radius 3 is 2.32 bits per heavy atom. The Labute approximate surface area is 147 Å². The Balaban J connectivity index is 2.02. The molecule has 0 spiro atoms. The van der Waals surface area contributed by atoms with Crippen molar-refractivity contribution in [1.29, 1.82) is 0 Å². The molecule has 0 saturated carbocycles. The molecule has 136 valence electrons. The number of nitro groups is 1. The molecular formula is C17H25N5O3. The van der Waals surface area contributed by atoms with Crippen molar-refractivity contribution in [3.8, 4) is 0 Å². The van der Waals surface area contributed by atoms with Crippen LogP contribution in [0.3, 0.4) is 0 Å². The molecule has 1 aliphatic heterocycles. The molecule has 2 rings (SSSR count). The lowest BCUT2D eigenvalue weighted by atomic mass is 10.2. The fourth-order valence-corrected chi connectivity index (χ4v) is 2.63. The summed E-state index contributed by atoms with van der Waals surface area (Å²) >= 11 is 0. The second kappa shape index (κ2) is 9.00. The Bertz CT molecular complexity index is 622. The van der Waals surface area contributed by atoms with E-state index >= 15 is 0 Å². The quantitative estimate of drug-likeness (QED) is 0.378. The van der Waals surface area contributed by atoms with E-state index in [1.165, 1.54) is 12.1 Å². The Morgan fingerprint density at radius 2 is 1.80 bits per heavy atom. The molecular weight excluding hydrogens is 322 g/mol. The van der Waals surface area contributed by atoms with Crippen LogP contribution in [0.2, 0.25) is 0 Å². The molecule has 0 unspecified atom stereocenters. The fourth-order valence-electron chi connectivity index (χ4n) is 2.63. The van der Waals surface area contributed by atoms with Crippen molar-refractivity contribution in [2.45, 2.75) is 26.8 Å². The Hall–Kier alpha value is -2.64. The van der Waals surface area contributed by atoms with Gasteiger partial charge in [-0.3, -0.25) is 14.9 Å². The van der Waals surface area contributed by atoms with Crippen molar-refractivity contribution in [2.75, 3.05) is 32.7 Å². The van der Waals surface area contributed by atoms with Crippen molar-refractivity contribution in [2.24, 2.45) is 4.99 Å². The van der Waals surface area contributed by atoms with Gasteiger partial charge in [-0.1, -0.05) is 19.1 Å². The maximum absolute atomic E-state index is 11.4. The normalized spacial score (nSPS) is 15.2. The number of non-ortho nitro benzene ring substituents is 1. The highest BCUT2D eigenvalue weighted by Gasteiger charge is 2.20. The summed E-state index contributed by atoms with van der Waals surface area (Å²) in [6.45, 7) is 7.84. The van der Waals surface area contributed by atoms with Crippen molar-refractivity contribution < 1.29 is 9.72 Å². The lowest BCUT2D eigenvalue weighted by molar-refractivity contribution is -0.384. The molecule has 8 nitrogen and oxygen atoms in total. The third-order valence-corrected chi connectivity index (χ3v) is 4.12. The topological polar surface area (TPSA) is 91.1 Å². The van der Waals surface area contributed by atoms with Crippen LogP contribution in [0, 0.1) is 10.1 Å². The zero-order chi connectivity index (χ0) is 18.2. The summed E-state index contributed by atoms with van der Waals surface area (Å²) in [7, 11) is 0. The lowest BCUT2D eigenvalue weighted by Gasteiger charge is -2.36. The van der Waals surface area contributed by atoms with Crippen LogP contribution in [0.5, 0.6) is 0 Å². The molecule has 0 bridgehead atoms. The van der Waals surface area contributed by atoms with Gasteiger partial charge in [0.1, 0.15) is 0 Å². The number of guanidine groups is 1. The molecule has 0 radical (unpaired) electrons. The fraction of sp³-hybridized carbons (Fsp3) is 0.529. The minimum absolute atomic E-state index is 0.0809. The lowest BCUT2D eigenvalue weighted by Crippen LogP contribution is -2.53. The molecule has 1 heterocycles. The van der Waals surface area contributed by atoms with Gasteiger partial charge in [0.2, 0.25) is 5.91 Å². The zero-order valence-corrected chi connectivity index (χ0v) is 14.8. The number of carbonyl (C=O) groups is 1. The van der Waals surface area contributed by atoms with Gasteiger partial charge in [-0.05, 0) is 12.0 Å². The van der Waals surface area contributed by atoms with E-state index in [1.54, 1.807) is 19.1 Å². The largest absolute Gasteiger partial charge is 0.356 e. The molecule has 1 aliphatic rings. The molecule has 1 saturated heterocycles. The number of rotatable bonds is 5. The third-order valence-electron chi connectivity index (χ3n) is 4.12. The summed E-state index contributed by atoms with van der Waals surface area (Å²) in [4.78, 5) is 30.4. The Morgan fingerprint density at radius 1 is 1.20 bits per heavy atom. The van der Waals surface area contributed by atoms with E-state index < -0.39 is 4.92 Å². The zero-order valence-electron chi connectivity index (χ0n) is 14.8. The van der Waals surface area contributed by atoms with E-state index in [1.807, 2.05) is 4.90 Å². The van der Waals surface area contributed by atoms with Gasteiger partial charge < -0.3 is 15.1 Å². The second-order valence-corrected chi connectivity index (χ2v) is 5.98. The molecule has 1 N–H and O–H groups in total. The number of amides is 1. The number of benzene rings is 1. The standard InChI is InChI=1S/C17H25N5O3/c1-3-8-18-17(21-11-9-20(10-12-21)14(2)23)19-13-15-4-6-16(7-5-15)22(24)25/h4-7H,3,8-13H2,1-2H3,(H,18,19). The highest BCUT2D eigenvalue weighted by Crippen LogP contribution is 2.13. The highest BCUT2D eigenvalue weighted by molar-refractivity contribution is 5.80. The molecule has 0 aliphatic carbocycles. The van der Waals surface area contributed by atoms with Crippen LogP contribution in [-0.2, 0) is 11.3 Å². The van der Waals surface area contributed by atoms with Crippen LogP contribution in [-0.4, -0.2) is 59.3 Å². The van der Waals surface area contributed by atoms with Gasteiger partial charge >= 0.3 is 0 Å². The van der Waals surface area contributed by atoms with Crippen LogP contribution in [0.25, 0.3) is 0 Å². The first-order chi connectivity index (χ1) is 12.0. The van der Waals surface area contributed by atoms with Crippen molar-refractivity contribution in [3.05, 3.63) is 39.9 Å². The number of carbonyl (C=O) groups excluding carboxylic acids is 1. The van der Waals surface area contributed by atoms with Crippen LogP contribution in [0.4, 0.5) is 5.69 Å². The van der Waals surface area contributed by atoms with Crippen LogP contribution >= 0.6 is 0 Å². The molecule has 1 aromatic rings. The molecule has 1 aromatic carbocycles. The summed E-state index contributed by atoms with van der Waals surface area (Å²) in [6.07, 6.45) is 0.990. The second-order valence-electron chi connectivity index (χ2n) is 5.98. The first-order valence-electron chi connectivity index (χ1n) is 8.53. The number of hydrogen-bond acceptors (Lipinski definition) is 4. The number of piperazine rings is 1. The van der Waals surface area contributed by atoms with Crippen molar-refractivity contribution >= 4 is 17.6 Å². The van der Waals surface area contributed by atoms with Crippen LogP contribution < -0.4 is 5.32 Å².